The first-order valence-electron chi connectivity index (χ1n) is 11.2. The number of unbranched alkanes of at least 4 members (excludes halogenated alkanes) is 9. The van der Waals surface area contributed by atoms with E-state index in [4.69, 9.17) is 0 Å². The molecule has 0 bridgehead atoms. The molecule has 0 radical (unpaired) electrons. The predicted octanol–water partition coefficient (Wildman–Crippen LogP) is 7.36. The molecule has 27 heavy (non-hydrogen) atoms. The predicted molar refractivity (Wildman–Crippen MR) is 121 cm³/mol. The van der Waals surface area contributed by atoms with Gasteiger partial charge >= 0.3 is 0 Å². The molecule has 0 amide bonds. The van der Waals surface area contributed by atoms with Crippen LogP contribution in [-0.4, -0.2) is 20.3 Å². The lowest BCUT2D eigenvalue weighted by molar-refractivity contribution is 0.504. The first kappa shape index (κ1) is 20.0. The van der Waals surface area contributed by atoms with Gasteiger partial charge < -0.3 is 9.80 Å². The van der Waals surface area contributed by atoms with Gasteiger partial charge in [0.15, 0.2) is 0 Å². The van der Waals surface area contributed by atoms with Gasteiger partial charge in [-0.05, 0) is 30.4 Å². The number of benzene rings is 2. The number of hydrogen-bond donors (Lipinski definition) is 0. The lowest BCUT2D eigenvalue weighted by Gasteiger charge is -2.43. The highest BCUT2D eigenvalue weighted by molar-refractivity contribution is 6.05. The Bertz CT molecular complexity index is 664. The van der Waals surface area contributed by atoms with Crippen LogP contribution in [0, 0.1) is 0 Å². The molecule has 2 nitrogen and oxygen atoms in total. The highest BCUT2D eigenvalue weighted by atomic mass is 15.4. The van der Waals surface area contributed by atoms with Gasteiger partial charge in [-0.1, -0.05) is 89.0 Å². The minimum atomic E-state index is 0.472. The quantitative estimate of drug-likeness (QED) is 0.383. The second-order valence-electron chi connectivity index (χ2n) is 8.33. The molecule has 2 heteroatoms. The molecule has 2 aromatic rings. The summed E-state index contributed by atoms with van der Waals surface area (Å²) < 4.78 is 0. The molecule has 1 heterocycles. The molecule has 0 N–H and O–H groups in total. The van der Waals surface area contributed by atoms with Gasteiger partial charge in [0.05, 0.1) is 0 Å². The zero-order valence-electron chi connectivity index (χ0n) is 17.7. The Hall–Kier alpha value is -1.70. The lowest BCUT2D eigenvalue weighted by atomic mass is 9.99. The molecule has 0 unspecified atom stereocenters. The van der Waals surface area contributed by atoms with Crippen LogP contribution in [0.5, 0.6) is 0 Å². The van der Waals surface area contributed by atoms with Crippen molar-refractivity contribution >= 4 is 22.1 Å². The van der Waals surface area contributed by atoms with Gasteiger partial charge in [0, 0.05) is 30.9 Å². The minimum Gasteiger partial charge on any atom is -0.354 e. The smallest absolute Gasteiger partial charge is 0.101 e. The molecule has 0 atom stereocenters. The molecule has 148 valence electrons. The van der Waals surface area contributed by atoms with Crippen molar-refractivity contribution in [2.75, 3.05) is 23.9 Å². The Kier molecular flexibility index (Phi) is 7.43. The molecule has 3 rings (SSSR count). The summed E-state index contributed by atoms with van der Waals surface area (Å²) in [4.78, 5) is 4.98. The van der Waals surface area contributed by atoms with Crippen molar-refractivity contribution in [1.29, 1.82) is 0 Å². The van der Waals surface area contributed by atoms with Crippen LogP contribution >= 0.6 is 0 Å². The summed E-state index contributed by atoms with van der Waals surface area (Å²) in [6, 6.07) is 13.4. The third-order valence-corrected chi connectivity index (χ3v) is 6.33. The van der Waals surface area contributed by atoms with E-state index in [9.17, 15) is 0 Å². The van der Waals surface area contributed by atoms with Crippen LogP contribution in [0.15, 0.2) is 36.4 Å². The van der Waals surface area contributed by atoms with E-state index in [0.717, 1.165) is 0 Å². The topological polar surface area (TPSA) is 6.48 Å². The van der Waals surface area contributed by atoms with Crippen LogP contribution < -0.4 is 9.80 Å². The fourth-order valence-corrected chi connectivity index (χ4v) is 4.67. The van der Waals surface area contributed by atoms with Crippen LogP contribution in [0.2, 0.25) is 0 Å². The Morgan fingerprint density at radius 2 is 1.15 bits per heavy atom. The van der Waals surface area contributed by atoms with Crippen molar-refractivity contribution in [3.05, 3.63) is 36.4 Å². The van der Waals surface area contributed by atoms with Crippen LogP contribution in [-0.2, 0) is 0 Å². The van der Waals surface area contributed by atoms with Gasteiger partial charge in [-0.3, -0.25) is 0 Å². The van der Waals surface area contributed by atoms with Crippen LogP contribution in [0.3, 0.4) is 0 Å². The molecule has 0 spiro atoms. The number of anilines is 2. The third-order valence-electron chi connectivity index (χ3n) is 6.33. The van der Waals surface area contributed by atoms with E-state index >= 15 is 0 Å². The van der Waals surface area contributed by atoms with E-state index in [2.05, 4.69) is 67.2 Å². The third kappa shape index (κ3) is 4.78. The maximum absolute atomic E-state index is 2.49. The standard InChI is InChI=1S/C25H38N2/c1-4-5-6-7-8-9-10-11-12-13-20-24-26(2)22-18-14-16-21-17-15-19-23(25(21)22)27(24)3/h14-19,24H,4-13,20H2,1-3H3. The molecule has 1 aliphatic heterocycles. The summed E-state index contributed by atoms with van der Waals surface area (Å²) in [6.45, 7) is 2.29. The fraction of sp³-hybridized carbons (Fsp3) is 0.600. The van der Waals surface area contributed by atoms with Crippen molar-refractivity contribution in [2.24, 2.45) is 0 Å². The first-order valence-corrected chi connectivity index (χ1v) is 11.2. The minimum absolute atomic E-state index is 0.472. The van der Waals surface area contributed by atoms with Crippen molar-refractivity contribution in [1.82, 2.24) is 0 Å². The summed E-state index contributed by atoms with van der Waals surface area (Å²) in [5.41, 5.74) is 2.77. The fourth-order valence-electron chi connectivity index (χ4n) is 4.67. The van der Waals surface area contributed by atoms with Crippen molar-refractivity contribution < 1.29 is 0 Å². The maximum atomic E-state index is 2.49. The summed E-state index contributed by atoms with van der Waals surface area (Å²) in [5, 5.41) is 2.76. The van der Waals surface area contributed by atoms with Gasteiger partial charge in [0.2, 0.25) is 0 Å². The van der Waals surface area contributed by atoms with Crippen LogP contribution in [0.4, 0.5) is 11.4 Å². The molecular weight excluding hydrogens is 328 g/mol. The Morgan fingerprint density at radius 3 is 1.67 bits per heavy atom. The van der Waals surface area contributed by atoms with Crippen molar-refractivity contribution in [3.63, 3.8) is 0 Å². The largest absolute Gasteiger partial charge is 0.354 e. The molecule has 1 aliphatic rings. The van der Waals surface area contributed by atoms with Gasteiger partial charge in [-0.2, -0.15) is 0 Å². The molecule has 2 aromatic carbocycles. The Balaban J connectivity index is 1.45. The number of hydrogen-bond acceptors (Lipinski definition) is 2. The zero-order chi connectivity index (χ0) is 19.1. The molecule has 0 saturated carbocycles. The summed E-state index contributed by atoms with van der Waals surface area (Å²) in [5.74, 6) is 0. The van der Waals surface area contributed by atoms with E-state index in [0.29, 0.717) is 6.17 Å². The van der Waals surface area contributed by atoms with Crippen LogP contribution in [0.25, 0.3) is 10.8 Å². The van der Waals surface area contributed by atoms with Gasteiger partial charge in [0.1, 0.15) is 6.17 Å². The second kappa shape index (κ2) is 10.0. The van der Waals surface area contributed by atoms with E-state index in [-0.39, 0.29) is 0 Å². The molecule has 0 aliphatic carbocycles. The summed E-state index contributed by atoms with van der Waals surface area (Å²) in [6.07, 6.45) is 15.8. The number of nitrogens with zero attached hydrogens (tertiary/aromatic N) is 2. The number of rotatable bonds is 11. The Morgan fingerprint density at radius 1 is 0.667 bits per heavy atom. The average Bonchev–Trinajstić information content (AvgIpc) is 2.69. The molecular formula is C25H38N2. The van der Waals surface area contributed by atoms with Gasteiger partial charge in [-0.25, -0.2) is 0 Å². The summed E-state index contributed by atoms with van der Waals surface area (Å²) in [7, 11) is 4.53. The van der Waals surface area contributed by atoms with Gasteiger partial charge in [0.25, 0.3) is 0 Å². The lowest BCUT2D eigenvalue weighted by Crippen LogP contribution is -2.47. The van der Waals surface area contributed by atoms with E-state index in [1.165, 1.54) is 92.8 Å². The first-order chi connectivity index (χ1) is 13.2. The van der Waals surface area contributed by atoms with Crippen LogP contribution in [0.1, 0.15) is 77.6 Å². The maximum Gasteiger partial charge on any atom is 0.101 e. The monoisotopic (exact) mass is 366 g/mol. The normalized spacial score (nSPS) is 14.3. The van der Waals surface area contributed by atoms with Crippen molar-refractivity contribution in [2.45, 2.75) is 83.7 Å². The molecule has 0 fully saturated rings. The SMILES string of the molecule is CCCCCCCCCCCCC1N(C)c2cccc3cccc(c23)N1C. The zero-order valence-corrected chi connectivity index (χ0v) is 17.7. The summed E-state index contributed by atoms with van der Waals surface area (Å²) >= 11 is 0. The molecule has 0 aromatic heterocycles. The van der Waals surface area contributed by atoms with Gasteiger partial charge in [-0.15, -0.1) is 0 Å². The second-order valence-corrected chi connectivity index (χ2v) is 8.33. The van der Waals surface area contributed by atoms with E-state index in [1.54, 1.807) is 0 Å². The average molecular weight is 367 g/mol. The highest BCUT2D eigenvalue weighted by Gasteiger charge is 2.28. The van der Waals surface area contributed by atoms with Crippen molar-refractivity contribution in [3.8, 4) is 0 Å². The Labute approximate surface area is 166 Å². The van der Waals surface area contributed by atoms with E-state index in [1.807, 2.05) is 0 Å². The highest BCUT2D eigenvalue weighted by Crippen LogP contribution is 2.41. The van der Waals surface area contributed by atoms with E-state index < -0.39 is 0 Å². The molecule has 0 saturated heterocycles.